The zero-order chi connectivity index (χ0) is 14.5. The summed E-state index contributed by atoms with van der Waals surface area (Å²) in [6, 6.07) is 4.40. The minimum Gasteiger partial charge on any atom is -0.409 e. The summed E-state index contributed by atoms with van der Waals surface area (Å²) >= 11 is 0. The van der Waals surface area contributed by atoms with Gasteiger partial charge in [0.15, 0.2) is 5.84 Å². The third-order valence-electron chi connectivity index (χ3n) is 3.37. The van der Waals surface area contributed by atoms with Crippen molar-refractivity contribution < 1.29 is 9.60 Å². The normalized spacial score (nSPS) is 18.4. The van der Waals surface area contributed by atoms with E-state index in [2.05, 4.69) is 27.5 Å². The minimum atomic E-state index is -0.399. The lowest BCUT2D eigenvalue weighted by Crippen LogP contribution is -2.50. The third-order valence-corrected chi connectivity index (χ3v) is 3.37. The predicted molar refractivity (Wildman–Crippen MR) is 74.8 cm³/mol. The number of piperazine rings is 1. The van der Waals surface area contributed by atoms with Crippen LogP contribution in [0.25, 0.3) is 0 Å². The molecule has 20 heavy (non-hydrogen) atoms. The Bertz CT molecular complexity index is 486. The SMILES string of the molecule is CN1CCN(NCc2cc(F)cc(/C(N)=N/O)c2)CC1. The largest absolute Gasteiger partial charge is 0.409 e. The van der Waals surface area contributed by atoms with Crippen molar-refractivity contribution in [1.29, 1.82) is 0 Å². The summed E-state index contributed by atoms with van der Waals surface area (Å²) < 4.78 is 13.5. The summed E-state index contributed by atoms with van der Waals surface area (Å²) in [7, 11) is 2.09. The number of nitrogens with one attached hydrogen (secondary N) is 1. The molecule has 0 aliphatic carbocycles. The van der Waals surface area contributed by atoms with Gasteiger partial charge in [-0.25, -0.2) is 9.40 Å². The first-order valence-electron chi connectivity index (χ1n) is 6.53. The Morgan fingerprint density at radius 2 is 2.05 bits per heavy atom. The topological polar surface area (TPSA) is 77.1 Å². The molecule has 4 N–H and O–H groups in total. The highest BCUT2D eigenvalue weighted by molar-refractivity contribution is 5.97. The van der Waals surface area contributed by atoms with Gasteiger partial charge in [0.25, 0.3) is 0 Å². The maximum atomic E-state index is 13.5. The highest BCUT2D eigenvalue weighted by atomic mass is 19.1. The molecule has 1 saturated heterocycles. The van der Waals surface area contributed by atoms with Gasteiger partial charge in [-0.3, -0.25) is 5.43 Å². The van der Waals surface area contributed by atoms with E-state index >= 15 is 0 Å². The van der Waals surface area contributed by atoms with Crippen molar-refractivity contribution in [3.05, 3.63) is 35.1 Å². The van der Waals surface area contributed by atoms with Crippen molar-refractivity contribution in [2.45, 2.75) is 6.54 Å². The number of amidine groups is 1. The third kappa shape index (κ3) is 3.89. The van der Waals surface area contributed by atoms with Crippen LogP contribution in [0.5, 0.6) is 0 Å². The van der Waals surface area contributed by atoms with E-state index < -0.39 is 5.82 Å². The van der Waals surface area contributed by atoms with Crippen LogP contribution >= 0.6 is 0 Å². The van der Waals surface area contributed by atoms with E-state index in [0.717, 1.165) is 31.7 Å². The van der Waals surface area contributed by atoms with Crippen LogP contribution in [0.4, 0.5) is 4.39 Å². The number of nitrogens with zero attached hydrogens (tertiary/aromatic N) is 3. The molecule has 7 heteroatoms. The van der Waals surface area contributed by atoms with Gasteiger partial charge < -0.3 is 15.8 Å². The monoisotopic (exact) mass is 281 g/mol. The molecule has 0 aromatic heterocycles. The second kappa shape index (κ2) is 6.65. The van der Waals surface area contributed by atoms with Crippen LogP contribution in [0, 0.1) is 5.82 Å². The lowest BCUT2D eigenvalue weighted by atomic mass is 10.1. The Morgan fingerprint density at radius 1 is 1.35 bits per heavy atom. The van der Waals surface area contributed by atoms with Gasteiger partial charge >= 0.3 is 0 Å². The van der Waals surface area contributed by atoms with E-state index in [1.54, 1.807) is 6.07 Å². The zero-order valence-electron chi connectivity index (χ0n) is 11.5. The zero-order valence-corrected chi connectivity index (χ0v) is 11.5. The van der Waals surface area contributed by atoms with Gasteiger partial charge in [-0.1, -0.05) is 5.16 Å². The molecule has 0 unspecified atom stereocenters. The number of hydrogen-bond acceptors (Lipinski definition) is 5. The molecule has 0 radical (unpaired) electrons. The fourth-order valence-corrected chi connectivity index (χ4v) is 2.13. The number of likely N-dealkylation sites (N-methyl/N-ethyl adjacent to an activating group) is 1. The first-order chi connectivity index (χ1) is 9.58. The summed E-state index contributed by atoms with van der Waals surface area (Å²) in [5.41, 5.74) is 9.88. The average molecular weight is 281 g/mol. The first-order valence-corrected chi connectivity index (χ1v) is 6.53. The fraction of sp³-hybridized carbons (Fsp3) is 0.462. The molecule has 1 aliphatic heterocycles. The van der Waals surface area contributed by atoms with Gasteiger partial charge in [0.2, 0.25) is 0 Å². The van der Waals surface area contributed by atoms with Crippen LogP contribution in [0.2, 0.25) is 0 Å². The maximum absolute atomic E-state index is 13.5. The Morgan fingerprint density at radius 3 is 2.70 bits per heavy atom. The molecule has 0 bridgehead atoms. The molecule has 110 valence electrons. The number of rotatable bonds is 4. The number of benzene rings is 1. The molecular weight excluding hydrogens is 261 g/mol. The van der Waals surface area contributed by atoms with Crippen molar-refractivity contribution >= 4 is 5.84 Å². The molecule has 1 heterocycles. The van der Waals surface area contributed by atoms with Crippen molar-refractivity contribution in [3.63, 3.8) is 0 Å². The van der Waals surface area contributed by atoms with E-state index in [-0.39, 0.29) is 5.84 Å². The Kier molecular flexibility index (Phi) is 4.89. The van der Waals surface area contributed by atoms with Crippen molar-refractivity contribution in [2.75, 3.05) is 33.2 Å². The average Bonchev–Trinajstić information content (AvgIpc) is 2.45. The Hall–Kier alpha value is -1.70. The van der Waals surface area contributed by atoms with Gasteiger partial charge in [-0.15, -0.1) is 0 Å². The smallest absolute Gasteiger partial charge is 0.170 e. The number of halogens is 1. The standard InChI is InChI=1S/C13H20FN5O/c1-18-2-4-19(5-3-18)16-9-10-6-11(13(15)17-20)8-12(14)7-10/h6-8,16,20H,2-5,9H2,1H3,(H2,15,17). The number of oxime groups is 1. The summed E-state index contributed by atoms with van der Waals surface area (Å²) in [5.74, 6) is -0.491. The molecule has 1 aliphatic rings. The molecule has 1 fully saturated rings. The lowest BCUT2D eigenvalue weighted by molar-refractivity contribution is 0.102. The van der Waals surface area contributed by atoms with E-state index in [9.17, 15) is 4.39 Å². The van der Waals surface area contributed by atoms with Crippen molar-refractivity contribution in [3.8, 4) is 0 Å². The summed E-state index contributed by atoms with van der Waals surface area (Å²) in [4.78, 5) is 2.26. The molecule has 1 aromatic carbocycles. The molecule has 6 nitrogen and oxygen atoms in total. The summed E-state index contributed by atoms with van der Waals surface area (Å²) in [5, 5.41) is 13.7. The molecule has 1 aromatic rings. The fourth-order valence-electron chi connectivity index (χ4n) is 2.13. The predicted octanol–water partition coefficient (Wildman–Crippen LogP) is 0.172. The second-order valence-corrected chi connectivity index (χ2v) is 4.96. The summed E-state index contributed by atoms with van der Waals surface area (Å²) in [6.07, 6.45) is 0. The van der Waals surface area contributed by atoms with E-state index in [0.29, 0.717) is 12.1 Å². The Balaban J connectivity index is 1.97. The quantitative estimate of drug-likeness (QED) is 0.317. The van der Waals surface area contributed by atoms with Gasteiger partial charge in [0.05, 0.1) is 0 Å². The van der Waals surface area contributed by atoms with Gasteiger partial charge in [0.1, 0.15) is 5.82 Å². The number of hydrazine groups is 1. The number of hydrogen-bond donors (Lipinski definition) is 3. The van der Waals surface area contributed by atoms with Gasteiger partial charge in [0, 0.05) is 38.3 Å². The van der Waals surface area contributed by atoms with Crippen LogP contribution in [0.3, 0.4) is 0 Å². The van der Waals surface area contributed by atoms with Crippen molar-refractivity contribution in [2.24, 2.45) is 10.9 Å². The highest BCUT2D eigenvalue weighted by Crippen LogP contribution is 2.09. The van der Waals surface area contributed by atoms with Crippen LogP contribution in [0.1, 0.15) is 11.1 Å². The van der Waals surface area contributed by atoms with Crippen LogP contribution in [0.15, 0.2) is 23.4 Å². The molecule has 0 atom stereocenters. The highest BCUT2D eigenvalue weighted by Gasteiger charge is 2.13. The van der Waals surface area contributed by atoms with Crippen LogP contribution in [-0.2, 0) is 6.54 Å². The van der Waals surface area contributed by atoms with Crippen LogP contribution in [-0.4, -0.2) is 54.2 Å². The van der Waals surface area contributed by atoms with E-state index in [1.165, 1.54) is 12.1 Å². The van der Waals surface area contributed by atoms with E-state index in [1.807, 2.05) is 0 Å². The van der Waals surface area contributed by atoms with Crippen LogP contribution < -0.4 is 11.2 Å². The minimum absolute atomic E-state index is 0.0923. The molecule has 0 spiro atoms. The molecule has 0 amide bonds. The molecule has 2 rings (SSSR count). The molecule has 0 saturated carbocycles. The Labute approximate surface area is 117 Å². The first kappa shape index (κ1) is 14.7. The number of nitrogens with two attached hydrogens (primary N) is 1. The lowest BCUT2D eigenvalue weighted by Gasteiger charge is -2.32. The van der Waals surface area contributed by atoms with Gasteiger partial charge in [-0.2, -0.15) is 0 Å². The van der Waals surface area contributed by atoms with E-state index in [4.69, 9.17) is 10.9 Å². The van der Waals surface area contributed by atoms with Crippen molar-refractivity contribution in [1.82, 2.24) is 15.3 Å². The second-order valence-electron chi connectivity index (χ2n) is 4.96. The summed E-state index contributed by atoms with van der Waals surface area (Å²) in [6.45, 7) is 4.38. The van der Waals surface area contributed by atoms with Gasteiger partial charge in [-0.05, 0) is 30.8 Å². The maximum Gasteiger partial charge on any atom is 0.170 e. The molecular formula is C13H20FN5O.